The summed E-state index contributed by atoms with van der Waals surface area (Å²) in [6.07, 6.45) is 0. The highest BCUT2D eigenvalue weighted by Gasteiger charge is 2.27. The molecule has 2 N–H and O–H groups in total. The highest BCUT2D eigenvalue weighted by Crippen LogP contribution is 2.14. The highest BCUT2D eigenvalue weighted by atomic mass is 35.5. The van der Waals surface area contributed by atoms with Crippen LogP contribution in [-0.2, 0) is 4.79 Å². The Bertz CT molecular complexity index is 443. The monoisotopic (exact) mass is 255 g/mol. The van der Waals surface area contributed by atoms with E-state index in [1.807, 2.05) is 0 Å². The van der Waals surface area contributed by atoms with Gasteiger partial charge in [-0.1, -0.05) is 17.7 Å². The van der Waals surface area contributed by atoms with E-state index in [4.69, 9.17) is 16.7 Å². The normalized spacial score (nSPS) is 11.0. The fraction of sp³-hybridized carbons (Fsp3) is 0.333. The van der Waals surface area contributed by atoms with Crippen LogP contribution in [0.2, 0.25) is 5.02 Å². The van der Waals surface area contributed by atoms with Crippen LogP contribution >= 0.6 is 11.6 Å². The second-order valence-electron chi connectivity index (χ2n) is 4.38. The predicted octanol–water partition coefficient (Wildman–Crippen LogP) is 2.18. The molecule has 92 valence electrons. The number of carbonyl (C=O) groups excluding carboxylic acids is 1. The maximum absolute atomic E-state index is 11.7. The SMILES string of the molecule is CC(C)(CNC(=O)c1cccc(Cl)c1)C(=O)O. The van der Waals surface area contributed by atoms with E-state index < -0.39 is 11.4 Å². The molecular formula is C12H14ClNO3. The first kappa shape index (κ1) is 13.5. The lowest BCUT2D eigenvalue weighted by atomic mass is 9.94. The summed E-state index contributed by atoms with van der Waals surface area (Å²) >= 11 is 5.76. The van der Waals surface area contributed by atoms with Gasteiger partial charge >= 0.3 is 5.97 Å². The van der Waals surface area contributed by atoms with Crippen molar-refractivity contribution in [1.29, 1.82) is 0 Å². The third kappa shape index (κ3) is 3.75. The van der Waals surface area contributed by atoms with Crippen LogP contribution < -0.4 is 5.32 Å². The van der Waals surface area contributed by atoms with Crippen LogP contribution in [0.25, 0.3) is 0 Å². The molecule has 0 atom stereocenters. The number of halogens is 1. The zero-order chi connectivity index (χ0) is 13.1. The van der Waals surface area contributed by atoms with Gasteiger partial charge < -0.3 is 10.4 Å². The van der Waals surface area contributed by atoms with Crippen LogP contribution in [0.5, 0.6) is 0 Å². The standard InChI is InChI=1S/C12H14ClNO3/c1-12(2,11(16)17)7-14-10(15)8-4-3-5-9(13)6-8/h3-6H,7H2,1-2H3,(H,14,15)(H,16,17). The molecule has 5 heteroatoms. The Morgan fingerprint density at radius 3 is 2.59 bits per heavy atom. The molecule has 0 fully saturated rings. The molecule has 1 amide bonds. The van der Waals surface area contributed by atoms with Gasteiger partial charge in [-0.15, -0.1) is 0 Å². The highest BCUT2D eigenvalue weighted by molar-refractivity contribution is 6.30. The number of carbonyl (C=O) groups is 2. The van der Waals surface area contributed by atoms with E-state index in [9.17, 15) is 9.59 Å². The molecule has 0 heterocycles. The number of carboxylic acid groups (broad SMARTS) is 1. The topological polar surface area (TPSA) is 66.4 Å². The van der Waals surface area contributed by atoms with E-state index >= 15 is 0 Å². The fourth-order valence-electron chi connectivity index (χ4n) is 1.11. The molecule has 0 aliphatic heterocycles. The minimum Gasteiger partial charge on any atom is -0.481 e. The van der Waals surface area contributed by atoms with Crippen molar-refractivity contribution in [2.24, 2.45) is 5.41 Å². The van der Waals surface area contributed by atoms with E-state index in [1.54, 1.807) is 32.0 Å². The molecule has 4 nitrogen and oxygen atoms in total. The van der Waals surface area contributed by atoms with Crippen molar-refractivity contribution in [3.8, 4) is 0 Å². The Kier molecular flexibility index (Phi) is 4.12. The van der Waals surface area contributed by atoms with Crippen LogP contribution in [0.4, 0.5) is 0 Å². The van der Waals surface area contributed by atoms with E-state index in [2.05, 4.69) is 5.32 Å². The van der Waals surface area contributed by atoms with Gasteiger partial charge in [-0.25, -0.2) is 0 Å². The van der Waals surface area contributed by atoms with Crippen molar-refractivity contribution in [2.45, 2.75) is 13.8 Å². The van der Waals surface area contributed by atoms with Crippen LogP contribution in [0.1, 0.15) is 24.2 Å². The largest absolute Gasteiger partial charge is 0.481 e. The number of hydrogen-bond acceptors (Lipinski definition) is 2. The molecule has 17 heavy (non-hydrogen) atoms. The van der Waals surface area contributed by atoms with Crippen LogP contribution in [0, 0.1) is 5.41 Å². The summed E-state index contributed by atoms with van der Waals surface area (Å²) < 4.78 is 0. The Balaban J connectivity index is 2.65. The van der Waals surface area contributed by atoms with Gasteiger partial charge in [0.2, 0.25) is 0 Å². The van der Waals surface area contributed by atoms with Gasteiger partial charge in [0.1, 0.15) is 0 Å². The number of benzene rings is 1. The summed E-state index contributed by atoms with van der Waals surface area (Å²) in [6, 6.07) is 6.48. The van der Waals surface area contributed by atoms with Crippen LogP contribution in [0.15, 0.2) is 24.3 Å². The summed E-state index contributed by atoms with van der Waals surface area (Å²) in [5, 5.41) is 11.9. The van der Waals surface area contributed by atoms with Gasteiger partial charge in [0, 0.05) is 17.1 Å². The first-order valence-electron chi connectivity index (χ1n) is 5.10. The van der Waals surface area contributed by atoms with E-state index in [-0.39, 0.29) is 12.5 Å². The Morgan fingerprint density at radius 1 is 1.41 bits per heavy atom. The van der Waals surface area contributed by atoms with E-state index in [0.29, 0.717) is 10.6 Å². The molecule has 0 spiro atoms. The van der Waals surface area contributed by atoms with Gasteiger partial charge in [0.25, 0.3) is 5.91 Å². The molecule has 1 aromatic carbocycles. The average Bonchev–Trinajstić information content (AvgIpc) is 2.25. The lowest BCUT2D eigenvalue weighted by molar-refractivity contribution is -0.146. The zero-order valence-electron chi connectivity index (χ0n) is 9.66. The number of carboxylic acids is 1. The van der Waals surface area contributed by atoms with Crippen LogP contribution in [-0.4, -0.2) is 23.5 Å². The zero-order valence-corrected chi connectivity index (χ0v) is 10.4. The van der Waals surface area contributed by atoms with Crippen molar-refractivity contribution < 1.29 is 14.7 Å². The van der Waals surface area contributed by atoms with Gasteiger partial charge in [-0.2, -0.15) is 0 Å². The van der Waals surface area contributed by atoms with E-state index in [1.165, 1.54) is 6.07 Å². The van der Waals surface area contributed by atoms with Gasteiger partial charge in [-0.05, 0) is 32.0 Å². The number of aliphatic carboxylic acids is 1. The summed E-state index contributed by atoms with van der Waals surface area (Å²) in [4.78, 5) is 22.6. The molecule has 0 unspecified atom stereocenters. The lowest BCUT2D eigenvalue weighted by Gasteiger charge is -2.19. The molecule has 0 aromatic heterocycles. The van der Waals surface area contributed by atoms with Gasteiger partial charge in [0.15, 0.2) is 0 Å². The first-order valence-corrected chi connectivity index (χ1v) is 5.48. The Hall–Kier alpha value is -1.55. The van der Waals surface area contributed by atoms with Crippen molar-refractivity contribution in [1.82, 2.24) is 5.32 Å². The number of hydrogen-bond donors (Lipinski definition) is 2. The van der Waals surface area contributed by atoms with Crippen molar-refractivity contribution in [3.05, 3.63) is 34.9 Å². The van der Waals surface area contributed by atoms with E-state index in [0.717, 1.165) is 0 Å². The Labute approximate surface area is 105 Å². The van der Waals surface area contributed by atoms with Crippen molar-refractivity contribution in [2.75, 3.05) is 6.54 Å². The molecule has 0 aliphatic carbocycles. The van der Waals surface area contributed by atoms with Crippen molar-refractivity contribution >= 4 is 23.5 Å². The molecule has 0 saturated heterocycles. The smallest absolute Gasteiger partial charge is 0.310 e. The maximum Gasteiger partial charge on any atom is 0.310 e. The van der Waals surface area contributed by atoms with Gasteiger partial charge in [0.05, 0.1) is 5.41 Å². The quantitative estimate of drug-likeness (QED) is 0.867. The maximum atomic E-state index is 11.7. The number of amides is 1. The first-order chi connectivity index (χ1) is 7.83. The van der Waals surface area contributed by atoms with Crippen LogP contribution in [0.3, 0.4) is 0 Å². The predicted molar refractivity (Wildman–Crippen MR) is 65.2 cm³/mol. The van der Waals surface area contributed by atoms with Crippen molar-refractivity contribution in [3.63, 3.8) is 0 Å². The second-order valence-corrected chi connectivity index (χ2v) is 4.82. The minimum absolute atomic E-state index is 0.0632. The molecule has 0 radical (unpaired) electrons. The number of nitrogens with one attached hydrogen (secondary N) is 1. The average molecular weight is 256 g/mol. The summed E-state index contributed by atoms with van der Waals surface area (Å²) in [5.74, 6) is -1.29. The fourth-order valence-corrected chi connectivity index (χ4v) is 1.30. The molecule has 1 rings (SSSR count). The summed E-state index contributed by atoms with van der Waals surface area (Å²) in [5.41, 5.74) is -0.576. The minimum atomic E-state index is -0.992. The molecule has 1 aromatic rings. The third-order valence-electron chi connectivity index (χ3n) is 2.36. The third-order valence-corrected chi connectivity index (χ3v) is 2.59. The Morgan fingerprint density at radius 2 is 2.06 bits per heavy atom. The second kappa shape index (κ2) is 5.19. The summed E-state index contributed by atoms with van der Waals surface area (Å²) in [6.45, 7) is 3.16. The molecule has 0 saturated carbocycles. The molecular weight excluding hydrogens is 242 g/mol. The molecule has 0 bridgehead atoms. The summed E-state index contributed by atoms with van der Waals surface area (Å²) in [7, 11) is 0. The molecule has 0 aliphatic rings. The lowest BCUT2D eigenvalue weighted by Crippen LogP contribution is -2.38. The van der Waals surface area contributed by atoms with Gasteiger partial charge in [-0.3, -0.25) is 9.59 Å². The number of rotatable bonds is 4.